The smallest absolute Gasteiger partial charge is 0.227 e. The Labute approximate surface area is 162 Å². The zero-order valence-corrected chi connectivity index (χ0v) is 16.0. The van der Waals surface area contributed by atoms with Gasteiger partial charge in [0.1, 0.15) is 5.82 Å². The second-order valence-electron chi connectivity index (χ2n) is 6.52. The molecule has 0 saturated carbocycles. The summed E-state index contributed by atoms with van der Waals surface area (Å²) in [6.45, 7) is 4.89. The number of halogens is 2. The van der Waals surface area contributed by atoms with Crippen molar-refractivity contribution in [3.63, 3.8) is 0 Å². The molecule has 0 bridgehead atoms. The van der Waals surface area contributed by atoms with Gasteiger partial charge in [0.15, 0.2) is 5.79 Å². The minimum absolute atomic E-state index is 0.407. The first kappa shape index (κ1) is 17.8. The van der Waals surface area contributed by atoms with E-state index in [-0.39, 0.29) is 0 Å². The SMILES string of the molecule is Cc1cc(Nc2cccc(Cl)c2Cl)nc(N2CCC3(CC2)OCCO3)n1. The Morgan fingerprint density at radius 2 is 1.85 bits per heavy atom. The summed E-state index contributed by atoms with van der Waals surface area (Å²) in [5, 5.41) is 4.21. The summed E-state index contributed by atoms with van der Waals surface area (Å²) in [6, 6.07) is 7.35. The van der Waals surface area contributed by atoms with Crippen LogP contribution in [0.15, 0.2) is 24.3 Å². The van der Waals surface area contributed by atoms with Crippen LogP contribution in [0.2, 0.25) is 10.0 Å². The topological polar surface area (TPSA) is 59.5 Å². The molecule has 0 unspecified atom stereocenters. The molecule has 1 aromatic carbocycles. The van der Waals surface area contributed by atoms with E-state index in [0.717, 1.165) is 31.6 Å². The minimum atomic E-state index is -0.407. The first-order chi connectivity index (χ1) is 12.5. The van der Waals surface area contributed by atoms with E-state index < -0.39 is 5.79 Å². The highest BCUT2D eigenvalue weighted by atomic mass is 35.5. The molecule has 4 rings (SSSR count). The number of ether oxygens (including phenoxy) is 2. The van der Waals surface area contributed by atoms with Gasteiger partial charge < -0.3 is 19.7 Å². The largest absolute Gasteiger partial charge is 0.347 e. The van der Waals surface area contributed by atoms with Gasteiger partial charge in [-0.15, -0.1) is 0 Å². The van der Waals surface area contributed by atoms with E-state index in [1.807, 2.05) is 25.1 Å². The number of hydrogen-bond donors (Lipinski definition) is 1. The Bertz CT molecular complexity index is 802. The summed E-state index contributed by atoms with van der Waals surface area (Å²) in [6.07, 6.45) is 1.63. The zero-order valence-electron chi connectivity index (χ0n) is 14.5. The van der Waals surface area contributed by atoms with Gasteiger partial charge in [0.05, 0.1) is 28.9 Å². The normalized spacial score (nSPS) is 19.1. The first-order valence-electron chi connectivity index (χ1n) is 8.64. The lowest BCUT2D eigenvalue weighted by molar-refractivity contribution is -0.169. The van der Waals surface area contributed by atoms with E-state index in [4.69, 9.17) is 32.7 Å². The molecule has 26 heavy (non-hydrogen) atoms. The monoisotopic (exact) mass is 394 g/mol. The molecule has 138 valence electrons. The molecule has 2 aliphatic heterocycles. The summed E-state index contributed by atoms with van der Waals surface area (Å²) in [4.78, 5) is 11.4. The van der Waals surface area contributed by atoms with Crippen LogP contribution in [0.5, 0.6) is 0 Å². The number of rotatable bonds is 3. The minimum Gasteiger partial charge on any atom is -0.347 e. The maximum Gasteiger partial charge on any atom is 0.227 e. The van der Waals surface area contributed by atoms with Gasteiger partial charge in [0.2, 0.25) is 5.95 Å². The first-order valence-corrected chi connectivity index (χ1v) is 9.40. The van der Waals surface area contributed by atoms with Crippen LogP contribution in [0.25, 0.3) is 0 Å². The van der Waals surface area contributed by atoms with E-state index in [2.05, 4.69) is 20.2 Å². The van der Waals surface area contributed by atoms with Crippen LogP contribution in [0.4, 0.5) is 17.5 Å². The predicted molar refractivity (Wildman–Crippen MR) is 103 cm³/mol. The number of benzene rings is 1. The molecule has 0 radical (unpaired) electrons. The highest BCUT2D eigenvalue weighted by Gasteiger charge is 2.40. The number of piperidine rings is 1. The highest BCUT2D eigenvalue weighted by molar-refractivity contribution is 6.43. The fourth-order valence-electron chi connectivity index (χ4n) is 3.33. The molecule has 0 aliphatic carbocycles. The lowest BCUT2D eigenvalue weighted by Gasteiger charge is -2.37. The van der Waals surface area contributed by atoms with Crippen molar-refractivity contribution >= 4 is 40.7 Å². The third-order valence-electron chi connectivity index (χ3n) is 4.68. The summed E-state index contributed by atoms with van der Waals surface area (Å²) in [7, 11) is 0. The second-order valence-corrected chi connectivity index (χ2v) is 7.30. The Balaban J connectivity index is 1.52. The average molecular weight is 395 g/mol. The van der Waals surface area contributed by atoms with Crippen LogP contribution >= 0.6 is 23.2 Å². The van der Waals surface area contributed by atoms with E-state index in [1.54, 1.807) is 6.07 Å². The molecular formula is C18H20Cl2N4O2. The van der Waals surface area contributed by atoms with Crippen LogP contribution in [-0.2, 0) is 9.47 Å². The number of nitrogens with one attached hydrogen (secondary N) is 1. The number of anilines is 3. The number of aryl methyl sites for hydroxylation is 1. The summed E-state index contributed by atoms with van der Waals surface area (Å²) in [5.41, 5.74) is 1.60. The van der Waals surface area contributed by atoms with Crippen LogP contribution in [0, 0.1) is 6.92 Å². The van der Waals surface area contributed by atoms with Crippen molar-refractivity contribution < 1.29 is 9.47 Å². The maximum atomic E-state index is 6.26. The highest BCUT2D eigenvalue weighted by Crippen LogP contribution is 2.34. The maximum absolute atomic E-state index is 6.26. The fraction of sp³-hybridized carbons (Fsp3) is 0.444. The molecule has 0 amide bonds. The summed E-state index contributed by atoms with van der Waals surface area (Å²) >= 11 is 12.4. The van der Waals surface area contributed by atoms with Crippen molar-refractivity contribution in [2.75, 3.05) is 36.5 Å². The standard InChI is InChI=1S/C18H20Cl2N4O2/c1-12-11-15(22-14-4-2-3-13(19)16(14)20)23-17(21-12)24-7-5-18(6-8-24)25-9-10-26-18/h2-4,11H,5-10H2,1H3,(H,21,22,23). The lowest BCUT2D eigenvalue weighted by atomic mass is 10.0. The van der Waals surface area contributed by atoms with Gasteiger partial charge in [-0.2, -0.15) is 4.98 Å². The van der Waals surface area contributed by atoms with E-state index in [0.29, 0.717) is 40.7 Å². The molecule has 2 aliphatic rings. The van der Waals surface area contributed by atoms with Crippen LogP contribution in [0.3, 0.4) is 0 Å². The van der Waals surface area contributed by atoms with Gasteiger partial charge in [-0.05, 0) is 19.1 Å². The summed E-state index contributed by atoms with van der Waals surface area (Å²) < 4.78 is 11.6. The van der Waals surface area contributed by atoms with Crippen molar-refractivity contribution in [1.29, 1.82) is 0 Å². The van der Waals surface area contributed by atoms with Gasteiger partial charge >= 0.3 is 0 Å². The Hall–Kier alpha value is -1.60. The van der Waals surface area contributed by atoms with Gasteiger partial charge in [-0.3, -0.25) is 0 Å². The second kappa shape index (κ2) is 7.19. The van der Waals surface area contributed by atoms with Crippen molar-refractivity contribution in [3.05, 3.63) is 40.0 Å². The fourth-order valence-corrected chi connectivity index (χ4v) is 3.68. The van der Waals surface area contributed by atoms with Gasteiger partial charge in [0, 0.05) is 37.7 Å². The van der Waals surface area contributed by atoms with E-state index >= 15 is 0 Å². The Morgan fingerprint density at radius 1 is 1.12 bits per heavy atom. The van der Waals surface area contributed by atoms with Crippen LogP contribution < -0.4 is 10.2 Å². The van der Waals surface area contributed by atoms with E-state index in [1.165, 1.54) is 0 Å². The van der Waals surface area contributed by atoms with Crippen molar-refractivity contribution in [1.82, 2.24) is 9.97 Å². The number of hydrogen-bond acceptors (Lipinski definition) is 6. The van der Waals surface area contributed by atoms with E-state index in [9.17, 15) is 0 Å². The molecule has 2 fully saturated rings. The zero-order chi connectivity index (χ0) is 18.1. The van der Waals surface area contributed by atoms with Crippen molar-refractivity contribution in [3.8, 4) is 0 Å². The quantitative estimate of drug-likeness (QED) is 0.842. The Kier molecular flexibility index (Phi) is 4.92. The van der Waals surface area contributed by atoms with Crippen molar-refractivity contribution in [2.24, 2.45) is 0 Å². The molecule has 0 atom stereocenters. The van der Waals surface area contributed by atoms with Crippen LogP contribution in [-0.4, -0.2) is 42.1 Å². The number of aromatic nitrogens is 2. The predicted octanol–water partition coefficient (Wildman–Crippen LogP) is 4.18. The molecule has 6 nitrogen and oxygen atoms in total. The average Bonchev–Trinajstić information content (AvgIpc) is 3.07. The summed E-state index contributed by atoms with van der Waals surface area (Å²) in [5.74, 6) is 0.972. The molecule has 1 aromatic heterocycles. The Morgan fingerprint density at radius 3 is 2.58 bits per heavy atom. The van der Waals surface area contributed by atoms with Crippen LogP contribution in [0.1, 0.15) is 18.5 Å². The molecule has 3 heterocycles. The molecule has 1 spiro atoms. The molecule has 1 N–H and O–H groups in total. The third-order valence-corrected chi connectivity index (χ3v) is 5.50. The lowest BCUT2D eigenvalue weighted by Crippen LogP contribution is -2.45. The van der Waals surface area contributed by atoms with Crippen molar-refractivity contribution in [2.45, 2.75) is 25.6 Å². The van der Waals surface area contributed by atoms with Gasteiger partial charge in [-0.1, -0.05) is 29.3 Å². The third kappa shape index (κ3) is 3.60. The molecule has 2 saturated heterocycles. The molecular weight excluding hydrogens is 375 g/mol. The number of nitrogens with zero attached hydrogens (tertiary/aromatic N) is 3. The van der Waals surface area contributed by atoms with Gasteiger partial charge in [-0.25, -0.2) is 4.98 Å². The molecule has 2 aromatic rings. The molecule has 8 heteroatoms. The van der Waals surface area contributed by atoms with Gasteiger partial charge in [0.25, 0.3) is 0 Å².